The van der Waals surface area contributed by atoms with Gasteiger partial charge in [-0.1, -0.05) is 79.9 Å². The molecule has 0 bridgehead atoms. The summed E-state index contributed by atoms with van der Waals surface area (Å²) in [4.78, 5) is 155. The largest absolute Gasteiger partial charge is 0.496 e. The first kappa shape index (κ1) is 98.0. The molecule has 0 saturated carbocycles. The zero-order valence-electron chi connectivity index (χ0n) is 72.0. The van der Waals surface area contributed by atoms with Crippen LogP contribution in [0, 0.1) is 31.0 Å². The van der Waals surface area contributed by atoms with E-state index in [1.54, 1.807) is 82.6 Å². The highest BCUT2D eigenvalue weighted by Gasteiger charge is 2.34. The summed E-state index contributed by atoms with van der Waals surface area (Å²) in [6.45, 7) is 7.77. The predicted molar refractivity (Wildman–Crippen MR) is 473 cm³/mol. The number of anilines is 1. The van der Waals surface area contributed by atoms with Gasteiger partial charge in [-0.2, -0.15) is 8.42 Å². The van der Waals surface area contributed by atoms with Crippen LogP contribution in [-0.2, 0) is 79.3 Å². The van der Waals surface area contributed by atoms with E-state index in [-0.39, 0.29) is 119 Å². The Kier molecular flexibility index (Phi) is 35.4. The number of piperazine rings is 1. The van der Waals surface area contributed by atoms with E-state index >= 15 is 4.39 Å². The number of nitrogens with zero attached hydrogens (tertiary/aromatic N) is 9. The van der Waals surface area contributed by atoms with Gasteiger partial charge in [-0.3, -0.25) is 38.3 Å². The van der Waals surface area contributed by atoms with Gasteiger partial charge in [-0.05, 0) is 114 Å². The maximum atomic E-state index is 16.3. The third-order valence-corrected chi connectivity index (χ3v) is 23.5. The van der Waals surface area contributed by atoms with Crippen molar-refractivity contribution in [3.05, 3.63) is 167 Å². The van der Waals surface area contributed by atoms with Gasteiger partial charge in [0.15, 0.2) is 24.0 Å². The van der Waals surface area contributed by atoms with Crippen molar-refractivity contribution < 1.29 is 113 Å². The highest BCUT2D eigenvalue weighted by molar-refractivity contribution is 7.85. The number of likely N-dealkylation sites (N-methyl/N-ethyl adjacent to an activating group) is 2. The number of carboxylic acid groups (broad SMARTS) is 1. The fraction of sp³-hybridized carbons (Fsp3) is 0.386. The molecule has 0 radical (unpaired) electrons. The number of quaternary nitrogens is 1. The van der Waals surface area contributed by atoms with Crippen molar-refractivity contribution >= 4 is 109 Å². The maximum absolute atomic E-state index is 16.3. The number of primary amides is 1. The fourth-order valence-electron chi connectivity index (χ4n) is 13.9. The number of terminal acetylenes is 1. The third kappa shape index (κ3) is 28.2. The normalized spacial score (nSPS) is 13.7. The van der Waals surface area contributed by atoms with Crippen LogP contribution in [0.1, 0.15) is 67.5 Å². The average Bonchev–Trinajstić information content (AvgIpc) is 1.62. The van der Waals surface area contributed by atoms with Crippen LogP contribution in [0.2, 0.25) is 5.02 Å². The van der Waals surface area contributed by atoms with Crippen molar-refractivity contribution in [2.75, 3.05) is 131 Å². The molecule has 0 unspecified atom stereocenters. The van der Waals surface area contributed by atoms with E-state index in [2.05, 4.69) is 59.4 Å². The predicted octanol–water partition coefficient (Wildman–Crippen LogP) is 8.57. The zero-order valence-corrected chi connectivity index (χ0v) is 74.4. The van der Waals surface area contributed by atoms with Crippen molar-refractivity contribution in [1.82, 2.24) is 60.8 Å². The molecule has 2 aliphatic heterocycles. The molecule has 129 heavy (non-hydrogen) atoms. The van der Waals surface area contributed by atoms with Crippen LogP contribution in [0.3, 0.4) is 0 Å². The molecule has 41 heteroatoms. The molecule has 686 valence electrons. The van der Waals surface area contributed by atoms with Crippen LogP contribution < -0.4 is 56.0 Å². The van der Waals surface area contributed by atoms with Crippen LogP contribution in [0.4, 0.5) is 29.3 Å². The Balaban J connectivity index is 0.826. The van der Waals surface area contributed by atoms with Gasteiger partial charge in [0.2, 0.25) is 29.7 Å². The molecule has 8 aromatic rings. The number of ether oxygens (including phenoxy) is 8. The maximum Gasteiger partial charge on any atom is 0.415 e. The topological polar surface area (TPSA) is 470 Å². The molecule has 3 aromatic heterocycles. The average molecular weight is 1840 g/mol. The van der Waals surface area contributed by atoms with E-state index < -0.39 is 112 Å². The number of amides is 10. The molecule has 3 atom stereocenters. The van der Waals surface area contributed by atoms with E-state index in [4.69, 9.17) is 66.6 Å². The van der Waals surface area contributed by atoms with Crippen LogP contribution in [-0.4, -0.2) is 266 Å². The van der Waals surface area contributed by atoms with Crippen molar-refractivity contribution in [2.24, 2.45) is 11.7 Å². The highest BCUT2D eigenvalue weighted by atomic mass is 35.5. The van der Waals surface area contributed by atoms with Crippen LogP contribution in [0.5, 0.6) is 28.9 Å². The summed E-state index contributed by atoms with van der Waals surface area (Å²) < 4.78 is 95.7. The second kappa shape index (κ2) is 46.5. The molecule has 5 heterocycles. The van der Waals surface area contributed by atoms with Crippen molar-refractivity contribution in [2.45, 2.75) is 90.8 Å². The summed E-state index contributed by atoms with van der Waals surface area (Å²) in [5, 5.41) is 24.6. The molecule has 2 aliphatic rings. The first-order chi connectivity index (χ1) is 61.7. The summed E-state index contributed by atoms with van der Waals surface area (Å²) >= 11 is 8.40. The van der Waals surface area contributed by atoms with Gasteiger partial charge in [0.05, 0.1) is 81.0 Å². The zero-order chi connectivity index (χ0) is 93.1. The molecule has 0 aliphatic carbocycles. The van der Waals surface area contributed by atoms with Gasteiger partial charge in [-0.15, -0.1) is 17.8 Å². The number of aliphatic carboxylic acids is 1. The number of thiophene rings is 1. The molecule has 0 spiro atoms. The Bertz CT molecular complexity index is 5580. The van der Waals surface area contributed by atoms with Crippen LogP contribution >= 0.6 is 22.9 Å². The summed E-state index contributed by atoms with van der Waals surface area (Å²) in [6.07, 6.45) is 6.00. The quantitative estimate of drug-likeness (QED) is 0.00582. The van der Waals surface area contributed by atoms with Crippen LogP contribution in [0.25, 0.3) is 43.2 Å². The van der Waals surface area contributed by atoms with Crippen molar-refractivity contribution in [3.63, 3.8) is 0 Å². The fourth-order valence-corrected chi connectivity index (χ4v) is 15.8. The number of nitrogens with two attached hydrogens (primary N) is 1. The molecule has 1 fully saturated rings. The Morgan fingerprint density at radius 2 is 1.53 bits per heavy atom. The van der Waals surface area contributed by atoms with Crippen molar-refractivity contribution in [3.8, 4) is 74.2 Å². The Hall–Kier alpha value is -13.2. The highest BCUT2D eigenvalue weighted by Crippen LogP contribution is 2.50. The van der Waals surface area contributed by atoms with E-state index in [0.717, 1.165) is 52.4 Å². The van der Waals surface area contributed by atoms with E-state index in [1.807, 2.05) is 18.2 Å². The molecule has 37 nitrogen and oxygen atoms in total. The lowest BCUT2D eigenvalue weighted by Gasteiger charge is -2.42. The first-order valence-electron chi connectivity index (χ1n) is 41.1. The molecule has 1 saturated heterocycles. The summed E-state index contributed by atoms with van der Waals surface area (Å²) in [7, 11) is 2.27. The van der Waals surface area contributed by atoms with Gasteiger partial charge in [0.25, 0.3) is 21.9 Å². The number of carboxylic acids is 1. The lowest BCUT2D eigenvalue weighted by Crippen LogP contribution is -2.58. The number of fused-ring (bicyclic) bond motifs is 1. The number of hydrogen-bond acceptors (Lipinski definition) is 26. The lowest BCUT2D eigenvalue weighted by atomic mass is 9.95. The Morgan fingerprint density at radius 1 is 0.783 bits per heavy atom. The lowest BCUT2D eigenvalue weighted by molar-refractivity contribution is -0.913. The number of hydrogen-bond donors (Lipinski definition) is 8. The van der Waals surface area contributed by atoms with Gasteiger partial charge in [-0.25, -0.2) is 48.3 Å². The number of rotatable bonds is 45. The second-order valence-corrected chi connectivity index (χ2v) is 33.7. The number of halogens is 2. The van der Waals surface area contributed by atoms with Gasteiger partial charge >= 0.3 is 30.3 Å². The first-order valence-corrected chi connectivity index (χ1v) is 43.9. The monoisotopic (exact) mass is 1840 g/mol. The van der Waals surface area contributed by atoms with Crippen LogP contribution in [0.15, 0.2) is 128 Å². The van der Waals surface area contributed by atoms with E-state index in [0.29, 0.717) is 120 Å². The number of nitrogens with one attached hydrogen (secondary N) is 5. The number of methoxy groups -OCH3 is 1. The number of carbonyl (C=O) groups is 10. The number of imide groups is 1. The minimum Gasteiger partial charge on any atom is -0.496 e. The standard InChI is InChI=1S/C88H101ClFN15O22S2/c1-9-42-123-87(115)102(6)50-59-47-60(98-80(109)65(18-14-31-93-85(91)113)99-81(110)77(54(2)3)100-71(106)30-43-121-44-38-104-72(107)27-28-73(104)108)23-21-58(59)51-125-86(114)94-33-34-101(5)88(116)127-69-49-57(22-25-64(69)90)78-74(62-24-26-68(76(89)55(62)4)122-45-37-103-35-40-105(7,41-36-103)39-15-46-129(117,118)119)75-82(95-53-96-83(75)128-78)126-70(84(111)112)48-56-16-10-12-19-66(56)124-52-61-29-32-92-79(97-61)63-17-11-13-20-67(63)120-8/h1,10-13,16-17,19-29,32,47,49,53-54,65,70,77H,14-15,18,30-31,33-46,48,50-52H2,2-8H3,(H8-,91,93,94,98,99,100,106,109,110,111,112,113,114,117,118,119)/p+1/t65-,70+,77-/m0/s1. The van der Waals surface area contributed by atoms with Crippen molar-refractivity contribution in [1.29, 1.82) is 0 Å². The number of benzene rings is 5. The minimum absolute atomic E-state index is 0.0227. The molecule has 5 aromatic carbocycles. The SMILES string of the molecule is C#CCOC(=O)N(C)Cc1cc(NC(=O)[C@H](CCCNC(N)=O)NC(=O)[C@@H](NC(=O)CCOCCN2C(=O)C=CC2=O)C(C)C)ccc1COC(=O)NCCN(C)C(=O)Oc1cc(-c2sc3ncnc(O[C@H](Cc4ccccc4OCc4ccnc(-c5ccccc5OC)n4)C(=O)O)c3c2-c2ccc(OCCN3CC[N+](C)(CCCS(=O)(=O)O)CC3)c(Cl)c2C)ccc1F. The Labute approximate surface area is 752 Å². The second-order valence-electron chi connectivity index (χ2n) is 30.8. The van der Waals surface area contributed by atoms with E-state index in [1.165, 1.54) is 55.7 Å². The molecule has 10 rings (SSSR count). The van der Waals surface area contributed by atoms with Gasteiger partial charge in [0.1, 0.15) is 60.3 Å². The number of para-hydroxylation sites is 2. The number of carbonyl (C=O) groups excluding carboxylic acids is 9. The number of aromatic nitrogens is 4. The molecule has 9 N–H and O–H groups in total. The van der Waals surface area contributed by atoms with Gasteiger partial charge in [0, 0.05) is 114 Å². The summed E-state index contributed by atoms with van der Waals surface area (Å²) in [5.74, 6) is -2.88. The number of urea groups is 1. The summed E-state index contributed by atoms with van der Waals surface area (Å²) in [6, 6.07) is 24.4. The molecule has 10 amide bonds. The molecular weight excluding hydrogens is 1740 g/mol. The minimum atomic E-state index is -4.08. The number of alkyl carbamates (subject to hydrolysis) is 1. The third-order valence-electron chi connectivity index (χ3n) is 21.0. The Morgan fingerprint density at radius 3 is 2.25 bits per heavy atom. The molecular formula is C88H102ClFN15O22S2+. The smallest absolute Gasteiger partial charge is 0.415 e. The summed E-state index contributed by atoms with van der Waals surface area (Å²) in [5.41, 5.74) is 9.40. The van der Waals surface area contributed by atoms with Gasteiger partial charge < -0.3 is 89.6 Å². The van der Waals surface area contributed by atoms with E-state index in [9.17, 15) is 66.0 Å².